The number of carbonyl (C=O) groups is 2. The minimum atomic E-state index is -0.655. The van der Waals surface area contributed by atoms with Gasteiger partial charge in [-0.15, -0.1) is 0 Å². The van der Waals surface area contributed by atoms with E-state index in [-0.39, 0.29) is 0 Å². The summed E-state index contributed by atoms with van der Waals surface area (Å²) in [5, 5.41) is 34.3. The summed E-state index contributed by atoms with van der Waals surface area (Å²) in [6, 6.07) is 0. The molecule has 0 spiro atoms. The molecule has 0 aliphatic carbocycles. The van der Waals surface area contributed by atoms with Crippen molar-refractivity contribution in [2.45, 2.75) is 220 Å². The quantitative estimate of drug-likeness (QED) is 0.0536. The molecule has 0 saturated carbocycles. The summed E-state index contributed by atoms with van der Waals surface area (Å²) in [7, 11) is 0. The van der Waals surface area contributed by atoms with Gasteiger partial charge in [0.1, 0.15) is 0 Å². The standard InChI is InChI=1S/2C16H32O2.C6H14O3/c2*1-2-3-4-5-6-7-8-9-10-11-12-13-14-15-16(17)18;1-5(7)3-9-4-6(2)8/h2*2-15H2,1H3,(H,17,18);5-8H,3-4H2,1-2H3. The van der Waals surface area contributed by atoms with Crippen molar-refractivity contribution < 1.29 is 34.8 Å². The lowest BCUT2D eigenvalue weighted by Crippen LogP contribution is -2.16. The average molecular weight is 647 g/mol. The van der Waals surface area contributed by atoms with Gasteiger partial charge in [-0.1, -0.05) is 168 Å². The fourth-order valence-corrected chi connectivity index (χ4v) is 5.00. The molecule has 0 aliphatic heterocycles. The van der Waals surface area contributed by atoms with Crippen molar-refractivity contribution in [1.29, 1.82) is 0 Å². The maximum atomic E-state index is 10.3. The van der Waals surface area contributed by atoms with E-state index in [9.17, 15) is 9.59 Å². The van der Waals surface area contributed by atoms with Gasteiger partial charge in [-0.2, -0.15) is 0 Å². The van der Waals surface area contributed by atoms with Crippen LogP contribution in [0.5, 0.6) is 0 Å². The van der Waals surface area contributed by atoms with E-state index < -0.39 is 24.1 Å². The van der Waals surface area contributed by atoms with E-state index in [2.05, 4.69) is 13.8 Å². The Morgan fingerprint density at radius 1 is 0.422 bits per heavy atom. The van der Waals surface area contributed by atoms with Crippen LogP contribution >= 0.6 is 0 Å². The highest BCUT2D eigenvalue weighted by atomic mass is 16.5. The Bertz CT molecular complexity index is 518. The molecule has 0 aromatic carbocycles. The largest absolute Gasteiger partial charge is 0.481 e. The van der Waals surface area contributed by atoms with Crippen LogP contribution in [0.1, 0.15) is 207 Å². The number of unbranched alkanes of at least 4 members (excludes halogenated alkanes) is 24. The van der Waals surface area contributed by atoms with E-state index in [1.807, 2.05) is 0 Å². The Hall–Kier alpha value is -1.18. The number of aliphatic carboxylic acids is 2. The van der Waals surface area contributed by atoms with Crippen LogP contribution in [0.4, 0.5) is 0 Å². The molecule has 4 N–H and O–H groups in total. The first-order chi connectivity index (χ1) is 21.7. The van der Waals surface area contributed by atoms with Crippen molar-refractivity contribution in [3.8, 4) is 0 Å². The molecule has 7 nitrogen and oxygen atoms in total. The molecule has 0 bridgehead atoms. The molecule has 0 amide bonds. The molecule has 272 valence electrons. The van der Waals surface area contributed by atoms with Gasteiger partial charge in [0.15, 0.2) is 0 Å². The van der Waals surface area contributed by atoms with Crippen LogP contribution in [0, 0.1) is 0 Å². The van der Waals surface area contributed by atoms with E-state index >= 15 is 0 Å². The molecule has 0 aromatic rings. The number of ether oxygens (including phenoxy) is 1. The van der Waals surface area contributed by atoms with Crippen LogP contribution in [0.25, 0.3) is 0 Å². The van der Waals surface area contributed by atoms with Crippen LogP contribution in [0.2, 0.25) is 0 Å². The topological polar surface area (TPSA) is 124 Å². The Morgan fingerprint density at radius 3 is 0.800 bits per heavy atom. The molecule has 0 rings (SSSR count). The van der Waals surface area contributed by atoms with Crippen LogP contribution in [0.3, 0.4) is 0 Å². The van der Waals surface area contributed by atoms with Crippen molar-refractivity contribution in [3.05, 3.63) is 0 Å². The average Bonchev–Trinajstić information content (AvgIpc) is 2.98. The third kappa shape index (κ3) is 58.8. The monoisotopic (exact) mass is 647 g/mol. The van der Waals surface area contributed by atoms with E-state index in [1.54, 1.807) is 13.8 Å². The fourth-order valence-electron chi connectivity index (χ4n) is 5.00. The first-order valence-corrected chi connectivity index (χ1v) is 19.0. The van der Waals surface area contributed by atoms with Gasteiger partial charge in [0.05, 0.1) is 25.4 Å². The summed E-state index contributed by atoms with van der Waals surface area (Å²) in [4.78, 5) is 20.6. The van der Waals surface area contributed by atoms with Crippen LogP contribution in [0.15, 0.2) is 0 Å². The zero-order chi connectivity index (χ0) is 34.2. The van der Waals surface area contributed by atoms with E-state index in [0.717, 1.165) is 25.7 Å². The van der Waals surface area contributed by atoms with Gasteiger partial charge in [-0.3, -0.25) is 9.59 Å². The SMILES string of the molecule is CC(O)COCC(C)O.CCCCCCCCCCCCCCCC(=O)O.CCCCCCCCCCCCCCCC(=O)O. The summed E-state index contributed by atoms with van der Waals surface area (Å²) in [6.45, 7) is 8.40. The molecular formula is C38H78O7. The van der Waals surface area contributed by atoms with Gasteiger partial charge in [-0.05, 0) is 26.7 Å². The number of rotatable bonds is 32. The lowest BCUT2D eigenvalue weighted by molar-refractivity contribution is -0.138. The highest BCUT2D eigenvalue weighted by Crippen LogP contribution is 2.14. The predicted molar refractivity (Wildman–Crippen MR) is 190 cm³/mol. The second-order valence-electron chi connectivity index (χ2n) is 13.0. The molecular weight excluding hydrogens is 568 g/mol. The van der Waals surface area contributed by atoms with Crippen molar-refractivity contribution in [2.24, 2.45) is 0 Å². The van der Waals surface area contributed by atoms with Crippen LogP contribution in [-0.4, -0.2) is 57.8 Å². The molecule has 0 heterocycles. The summed E-state index contributed by atoms with van der Waals surface area (Å²) in [6.07, 6.45) is 33.7. The van der Waals surface area contributed by atoms with Gasteiger partial charge < -0.3 is 25.2 Å². The highest BCUT2D eigenvalue weighted by Gasteiger charge is 1.99. The van der Waals surface area contributed by atoms with Gasteiger partial charge in [-0.25, -0.2) is 0 Å². The van der Waals surface area contributed by atoms with Crippen molar-refractivity contribution in [1.82, 2.24) is 0 Å². The zero-order valence-electron chi connectivity index (χ0n) is 30.4. The van der Waals surface area contributed by atoms with Crippen molar-refractivity contribution >= 4 is 11.9 Å². The maximum absolute atomic E-state index is 10.3. The first kappa shape index (κ1) is 48.2. The maximum Gasteiger partial charge on any atom is 0.303 e. The summed E-state index contributed by atoms with van der Waals surface area (Å²) in [5.41, 5.74) is 0. The minimum Gasteiger partial charge on any atom is -0.481 e. The van der Waals surface area contributed by atoms with Crippen molar-refractivity contribution in [2.75, 3.05) is 13.2 Å². The molecule has 0 fully saturated rings. The fraction of sp³-hybridized carbons (Fsp3) is 0.947. The van der Waals surface area contributed by atoms with Crippen LogP contribution < -0.4 is 0 Å². The van der Waals surface area contributed by atoms with E-state index in [1.165, 1.54) is 141 Å². The molecule has 7 heteroatoms. The Balaban J connectivity index is -0.000000622. The summed E-state index contributed by atoms with van der Waals surface area (Å²) < 4.78 is 4.86. The summed E-state index contributed by atoms with van der Waals surface area (Å²) >= 11 is 0. The second kappa shape index (κ2) is 42.8. The normalized spacial score (nSPS) is 12.0. The van der Waals surface area contributed by atoms with Crippen molar-refractivity contribution in [3.63, 3.8) is 0 Å². The molecule has 0 radical (unpaired) electrons. The van der Waals surface area contributed by atoms with Gasteiger partial charge in [0.2, 0.25) is 0 Å². The molecule has 0 saturated heterocycles. The first-order valence-electron chi connectivity index (χ1n) is 19.0. The van der Waals surface area contributed by atoms with Gasteiger partial charge >= 0.3 is 11.9 Å². The lowest BCUT2D eigenvalue weighted by atomic mass is 10.0. The molecule has 0 aliphatic rings. The van der Waals surface area contributed by atoms with Crippen LogP contribution in [-0.2, 0) is 14.3 Å². The van der Waals surface area contributed by atoms with Gasteiger partial charge in [0.25, 0.3) is 0 Å². The number of hydrogen-bond acceptors (Lipinski definition) is 5. The minimum absolute atomic E-state index is 0.297. The lowest BCUT2D eigenvalue weighted by Gasteiger charge is -2.06. The number of aliphatic hydroxyl groups is 2. The van der Waals surface area contributed by atoms with Gasteiger partial charge in [0, 0.05) is 12.8 Å². The number of carboxylic acid groups (broad SMARTS) is 2. The Morgan fingerprint density at radius 2 is 0.622 bits per heavy atom. The Labute approximate surface area is 279 Å². The number of carboxylic acids is 2. The zero-order valence-corrected chi connectivity index (χ0v) is 30.4. The Kier molecular flexibility index (Phi) is 45.9. The molecule has 2 unspecified atom stereocenters. The third-order valence-electron chi connectivity index (χ3n) is 7.71. The smallest absolute Gasteiger partial charge is 0.303 e. The second-order valence-corrected chi connectivity index (χ2v) is 13.0. The summed E-state index contributed by atoms with van der Waals surface area (Å²) in [5.74, 6) is -1.31. The van der Waals surface area contributed by atoms with E-state index in [0.29, 0.717) is 26.1 Å². The third-order valence-corrected chi connectivity index (χ3v) is 7.71. The molecule has 2 atom stereocenters. The molecule has 45 heavy (non-hydrogen) atoms. The predicted octanol–water partition coefficient (Wildman–Crippen LogP) is 10.9. The van der Waals surface area contributed by atoms with E-state index in [4.69, 9.17) is 25.2 Å². The highest BCUT2D eigenvalue weighted by molar-refractivity contribution is 5.66. The number of hydrogen-bond donors (Lipinski definition) is 4. The molecule has 0 aromatic heterocycles. The number of aliphatic hydroxyl groups excluding tert-OH is 2.